The van der Waals surface area contributed by atoms with Gasteiger partial charge in [-0.1, -0.05) is 13.8 Å². The summed E-state index contributed by atoms with van der Waals surface area (Å²) in [5.41, 5.74) is -0.176. The van der Waals surface area contributed by atoms with Gasteiger partial charge in [0.05, 0.1) is 12.0 Å². The highest BCUT2D eigenvalue weighted by molar-refractivity contribution is 5.84. The van der Waals surface area contributed by atoms with Gasteiger partial charge in [-0.05, 0) is 34.6 Å². The number of likely N-dealkylation sites (tertiary alicyclic amines) is 1. The second-order valence-corrected chi connectivity index (χ2v) is 7.66. The third-order valence-electron chi connectivity index (χ3n) is 4.94. The summed E-state index contributed by atoms with van der Waals surface area (Å²) in [6, 6.07) is 0. The second kappa shape index (κ2) is 5.85. The molecule has 5 nitrogen and oxygen atoms in total. The number of guanidine groups is 1. The van der Waals surface area contributed by atoms with Gasteiger partial charge in [-0.3, -0.25) is 9.79 Å². The Balaban J connectivity index is 2.89. The number of rotatable bonds is 4. The lowest BCUT2D eigenvalue weighted by Crippen LogP contribution is -2.72. The number of carbonyl (C=O) groups excluding carboxylic acids is 1. The number of hydrogen-bond donors (Lipinski definition) is 2. The van der Waals surface area contributed by atoms with Crippen LogP contribution >= 0.6 is 0 Å². The van der Waals surface area contributed by atoms with Gasteiger partial charge in [0.15, 0.2) is 5.96 Å². The minimum absolute atomic E-state index is 0.0188. The molecule has 1 amide bonds. The van der Waals surface area contributed by atoms with Crippen LogP contribution in [-0.2, 0) is 4.79 Å². The Bertz CT molecular complexity index is 424. The van der Waals surface area contributed by atoms with E-state index < -0.39 is 5.41 Å². The van der Waals surface area contributed by atoms with Crippen molar-refractivity contribution in [2.24, 2.45) is 15.8 Å². The van der Waals surface area contributed by atoms with Crippen LogP contribution in [0.25, 0.3) is 0 Å². The molecule has 5 heteroatoms. The fourth-order valence-corrected chi connectivity index (χ4v) is 2.48. The van der Waals surface area contributed by atoms with Crippen molar-refractivity contribution in [3.8, 4) is 0 Å². The lowest BCUT2D eigenvalue weighted by atomic mass is 9.65. The minimum atomic E-state index is -0.500. The highest BCUT2D eigenvalue weighted by atomic mass is 16.2. The van der Waals surface area contributed by atoms with Gasteiger partial charge in [0.2, 0.25) is 5.91 Å². The Morgan fingerprint density at radius 2 is 1.86 bits per heavy atom. The van der Waals surface area contributed by atoms with E-state index in [1.165, 1.54) is 0 Å². The zero-order valence-electron chi connectivity index (χ0n) is 14.9. The lowest BCUT2D eigenvalue weighted by Gasteiger charge is -2.62. The van der Waals surface area contributed by atoms with Gasteiger partial charge < -0.3 is 15.5 Å². The molecule has 0 spiro atoms. The molecular formula is C16H32N4O. The Kier molecular flexibility index (Phi) is 4.96. The van der Waals surface area contributed by atoms with Crippen LogP contribution in [0.4, 0.5) is 0 Å². The molecule has 21 heavy (non-hydrogen) atoms. The quantitative estimate of drug-likeness (QED) is 0.615. The van der Waals surface area contributed by atoms with E-state index in [0.29, 0.717) is 6.54 Å². The standard InChI is InChI=1S/C16H32N4O/c1-9-18-13(19-10-14(2,3)12(21)17-8)20-11-15(4,5)16(20,6)7/h9-11H2,1-8H3,(H,17,21)(H,18,19). The molecule has 0 bridgehead atoms. The van der Waals surface area contributed by atoms with Crippen LogP contribution in [0.15, 0.2) is 4.99 Å². The summed E-state index contributed by atoms with van der Waals surface area (Å²) in [6.07, 6.45) is 0. The topological polar surface area (TPSA) is 56.7 Å². The SMILES string of the molecule is CCNC(=NCC(C)(C)C(=O)NC)N1CC(C)(C)C1(C)C. The van der Waals surface area contributed by atoms with Crippen molar-refractivity contribution in [2.75, 3.05) is 26.7 Å². The van der Waals surface area contributed by atoms with Crippen molar-refractivity contribution in [1.82, 2.24) is 15.5 Å². The van der Waals surface area contributed by atoms with E-state index >= 15 is 0 Å². The average Bonchev–Trinajstić information content (AvgIpc) is 2.40. The Morgan fingerprint density at radius 1 is 1.29 bits per heavy atom. The van der Waals surface area contributed by atoms with E-state index in [4.69, 9.17) is 4.99 Å². The molecule has 0 atom stereocenters. The Labute approximate surface area is 129 Å². The molecule has 1 fully saturated rings. The highest BCUT2D eigenvalue weighted by Crippen LogP contribution is 2.46. The third kappa shape index (κ3) is 3.33. The van der Waals surface area contributed by atoms with Crippen LogP contribution in [0, 0.1) is 10.8 Å². The minimum Gasteiger partial charge on any atom is -0.359 e. The molecule has 1 rings (SSSR count). The van der Waals surface area contributed by atoms with E-state index in [-0.39, 0.29) is 16.9 Å². The van der Waals surface area contributed by atoms with E-state index in [2.05, 4.69) is 50.2 Å². The zero-order valence-corrected chi connectivity index (χ0v) is 14.9. The molecule has 122 valence electrons. The van der Waals surface area contributed by atoms with E-state index in [9.17, 15) is 4.79 Å². The van der Waals surface area contributed by atoms with Crippen LogP contribution < -0.4 is 10.6 Å². The molecule has 0 unspecified atom stereocenters. The molecule has 2 N–H and O–H groups in total. The first-order valence-corrected chi connectivity index (χ1v) is 7.78. The lowest BCUT2D eigenvalue weighted by molar-refractivity contribution is -0.128. The third-order valence-corrected chi connectivity index (χ3v) is 4.94. The first-order chi connectivity index (χ1) is 9.49. The van der Waals surface area contributed by atoms with Crippen LogP contribution in [0.2, 0.25) is 0 Å². The molecular weight excluding hydrogens is 264 g/mol. The summed E-state index contributed by atoms with van der Waals surface area (Å²) in [7, 11) is 1.67. The number of nitrogens with one attached hydrogen (secondary N) is 2. The summed E-state index contributed by atoms with van der Waals surface area (Å²) in [6.45, 7) is 17.2. The van der Waals surface area contributed by atoms with Crippen molar-refractivity contribution >= 4 is 11.9 Å². The fraction of sp³-hybridized carbons (Fsp3) is 0.875. The first kappa shape index (κ1) is 17.8. The number of nitrogens with zero attached hydrogens (tertiary/aromatic N) is 2. The fourth-order valence-electron chi connectivity index (χ4n) is 2.48. The monoisotopic (exact) mass is 296 g/mol. The molecule has 0 aliphatic carbocycles. The van der Waals surface area contributed by atoms with Crippen LogP contribution in [0.5, 0.6) is 0 Å². The molecule has 0 aromatic rings. The van der Waals surface area contributed by atoms with Crippen molar-refractivity contribution < 1.29 is 4.79 Å². The largest absolute Gasteiger partial charge is 0.359 e. The maximum atomic E-state index is 11.9. The molecule has 1 aliphatic heterocycles. The van der Waals surface area contributed by atoms with Gasteiger partial charge in [-0.2, -0.15) is 0 Å². The number of carbonyl (C=O) groups is 1. The molecule has 0 aromatic heterocycles. The van der Waals surface area contributed by atoms with Crippen LogP contribution in [0.1, 0.15) is 48.5 Å². The normalized spacial score (nSPS) is 20.8. The highest BCUT2D eigenvalue weighted by Gasteiger charge is 2.53. The molecule has 1 heterocycles. The zero-order chi connectivity index (χ0) is 16.5. The van der Waals surface area contributed by atoms with Gasteiger partial charge in [0.25, 0.3) is 0 Å². The molecule has 0 saturated carbocycles. The average molecular weight is 296 g/mol. The van der Waals surface area contributed by atoms with Gasteiger partial charge in [-0.25, -0.2) is 0 Å². The number of aliphatic imine (C=N–C) groups is 1. The van der Waals surface area contributed by atoms with Crippen molar-refractivity contribution in [1.29, 1.82) is 0 Å². The van der Waals surface area contributed by atoms with Gasteiger partial charge >= 0.3 is 0 Å². The maximum absolute atomic E-state index is 11.9. The van der Waals surface area contributed by atoms with E-state index in [1.807, 2.05) is 13.8 Å². The summed E-state index contributed by atoms with van der Waals surface area (Å²) >= 11 is 0. The maximum Gasteiger partial charge on any atom is 0.227 e. The molecule has 1 saturated heterocycles. The first-order valence-electron chi connectivity index (χ1n) is 7.78. The van der Waals surface area contributed by atoms with Crippen molar-refractivity contribution in [3.05, 3.63) is 0 Å². The number of hydrogen-bond acceptors (Lipinski definition) is 2. The van der Waals surface area contributed by atoms with Crippen LogP contribution in [0.3, 0.4) is 0 Å². The summed E-state index contributed by atoms with van der Waals surface area (Å²) in [5.74, 6) is 0.920. The van der Waals surface area contributed by atoms with Crippen LogP contribution in [-0.4, -0.2) is 49.0 Å². The summed E-state index contributed by atoms with van der Waals surface area (Å²) < 4.78 is 0. The van der Waals surface area contributed by atoms with Gasteiger partial charge in [0, 0.05) is 31.1 Å². The predicted molar refractivity (Wildman–Crippen MR) is 88.4 cm³/mol. The predicted octanol–water partition coefficient (Wildman–Crippen LogP) is 1.84. The van der Waals surface area contributed by atoms with Gasteiger partial charge in [0.1, 0.15) is 0 Å². The smallest absolute Gasteiger partial charge is 0.227 e. The Morgan fingerprint density at radius 3 is 2.24 bits per heavy atom. The summed E-state index contributed by atoms with van der Waals surface area (Å²) in [4.78, 5) is 18.9. The molecule has 1 aliphatic rings. The molecule has 0 aromatic carbocycles. The second-order valence-electron chi connectivity index (χ2n) is 7.66. The van der Waals surface area contributed by atoms with Crippen molar-refractivity contribution in [2.45, 2.75) is 54.0 Å². The molecule has 0 radical (unpaired) electrons. The Hall–Kier alpha value is -1.26. The van der Waals surface area contributed by atoms with E-state index in [0.717, 1.165) is 19.0 Å². The van der Waals surface area contributed by atoms with Gasteiger partial charge in [-0.15, -0.1) is 0 Å². The van der Waals surface area contributed by atoms with Crippen molar-refractivity contribution in [3.63, 3.8) is 0 Å². The van der Waals surface area contributed by atoms with E-state index in [1.54, 1.807) is 7.05 Å². The summed E-state index contributed by atoms with van der Waals surface area (Å²) in [5, 5.41) is 6.06. The number of amides is 1.